The minimum atomic E-state index is -0.274. The Bertz CT molecular complexity index is 929. The van der Waals surface area contributed by atoms with E-state index in [2.05, 4.69) is 34.8 Å². The number of hydrogen-bond donors (Lipinski definition) is 3. The fraction of sp³-hybridized carbons (Fsp3) is 0.400. The maximum atomic E-state index is 13.6. The summed E-state index contributed by atoms with van der Waals surface area (Å²) in [5.41, 5.74) is 3.27. The Hall–Kier alpha value is -2.67. The first-order chi connectivity index (χ1) is 13.1. The molecule has 4 rings (SSSR count). The molecule has 6 nitrogen and oxygen atoms in total. The zero-order valence-corrected chi connectivity index (χ0v) is 15.7. The van der Waals surface area contributed by atoms with E-state index in [-0.39, 0.29) is 5.82 Å². The number of anilines is 3. The number of aromatic nitrogens is 3. The summed E-state index contributed by atoms with van der Waals surface area (Å²) in [6.07, 6.45) is 3.98. The Morgan fingerprint density at radius 3 is 2.78 bits per heavy atom. The molecule has 0 aliphatic carbocycles. The molecule has 0 radical (unpaired) electrons. The Labute approximate surface area is 158 Å². The average molecular weight is 368 g/mol. The molecule has 7 heteroatoms. The highest BCUT2D eigenvalue weighted by atomic mass is 19.1. The first-order valence-electron chi connectivity index (χ1n) is 9.48. The minimum Gasteiger partial charge on any atom is -0.366 e. The second-order valence-corrected chi connectivity index (χ2v) is 7.32. The molecule has 0 spiro atoms. The average Bonchev–Trinajstić information content (AvgIpc) is 3.07. The lowest BCUT2D eigenvalue weighted by atomic mass is 10.1. The van der Waals surface area contributed by atoms with Crippen molar-refractivity contribution in [2.45, 2.75) is 38.6 Å². The van der Waals surface area contributed by atoms with E-state index in [1.165, 1.54) is 12.1 Å². The molecule has 1 aliphatic rings. The largest absolute Gasteiger partial charge is 0.366 e. The van der Waals surface area contributed by atoms with Crippen molar-refractivity contribution in [1.29, 1.82) is 0 Å². The number of fused-ring (bicyclic) bond motifs is 1. The van der Waals surface area contributed by atoms with Crippen LogP contribution in [0.3, 0.4) is 0 Å². The molecule has 3 aromatic rings. The summed E-state index contributed by atoms with van der Waals surface area (Å²) in [6.45, 7) is 6.27. The molecule has 1 fully saturated rings. The second-order valence-electron chi connectivity index (χ2n) is 7.32. The summed E-state index contributed by atoms with van der Waals surface area (Å²) in [5.74, 6) is 0.821. The molecule has 0 amide bonds. The minimum absolute atomic E-state index is 0.274. The van der Waals surface area contributed by atoms with Gasteiger partial charge in [-0.3, -0.25) is 0 Å². The summed E-state index contributed by atoms with van der Waals surface area (Å²) in [4.78, 5) is 4.55. The lowest BCUT2D eigenvalue weighted by molar-refractivity contribution is 0.477. The van der Waals surface area contributed by atoms with Crippen molar-refractivity contribution in [3.8, 4) is 0 Å². The van der Waals surface area contributed by atoms with Gasteiger partial charge in [-0.2, -0.15) is 0 Å². The third-order valence-electron chi connectivity index (χ3n) is 4.88. The van der Waals surface area contributed by atoms with Crippen LogP contribution >= 0.6 is 0 Å². The fourth-order valence-electron chi connectivity index (χ4n) is 3.44. The highest BCUT2D eigenvalue weighted by molar-refractivity contribution is 5.76. The van der Waals surface area contributed by atoms with Crippen molar-refractivity contribution in [1.82, 2.24) is 19.9 Å². The van der Waals surface area contributed by atoms with E-state index in [0.29, 0.717) is 17.6 Å². The molecular formula is C20H25FN6. The maximum absolute atomic E-state index is 13.6. The van der Waals surface area contributed by atoms with Gasteiger partial charge in [0.2, 0.25) is 0 Å². The number of nitrogens with zero attached hydrogens (tertiary/aromatic N) is 3. The van der Waals surface area contributed by atoms with Crippen molar-refractivity contribution < 1.29 is 4.39 Å². The monoisotopic (exact) mass is 368 g/mol. The van der Waals surface area contributed by atoms with Crippen LogP contribution in [0.1, 0.15) is 38.3 Å². The smallest absolute Gasteiger partial charge is 0.177 e. The van der Waals surface area contributed by atoms with Crippen LogP contribution in [0.5, 0.6) is 0 Å². The molecule has 27 heavy (non-hydrogen) atoms. The van der Waals surface area contributed by atoms with Gasteiger partial charge in [0.05, 0.1) is 17.6 Å². The zero-order chi connectivity index (χ0) is 18.8. The first kappa shape index (κ1) is 17.7. The third-order valence-corrected chi connectivity index (χ3v) is 4.88. The highest BCUT2D eigenvalue weighted by Gasteiger charge is 2.17. The van der Waals surface area contributed by atoms with E-state index in [9.17, 15) is 4.39 Å². The van der Waals surface area contributed by atoms with Gasteiger partial charge < -0.3 is 16.0 Å². The Morgan fingerprint density at radius 2 is 2.04 bits per heavy atom. The third kappa shape index (κ3) is 3.88. The van der Waals surface area contributed by atoms with Crippen LogP contribution in [0.2, 0.25) is 0 Å². The molecule has 142 valence electrons. The Kier molecular flexibility index (Phi) is 4.94. The van der Waals surface area contributed by atoms with Gasteiger partial charge in [-0.25, -0.2) is 13.9 Å². The Morgan fingerprint density at radius 1 is 1.22 bits per heavy atom. The molecule has 1 aromatic carbocycles. The number of piperidine rings is 1. The molecule has 0 bridgehead atoms. The van der Waals surface area contributed by atoms with Gasteiger partial charge >= 0.3 is 0 Å². The molecular weight excluding hydrogens is 343 g/mol. The van der Waals surface area contributed by atoms with E-state index in [1.54, 1.807) is 6.07 Å². The van der Waals surface area contributed by atoms with Gasteiger partial charge in [0.15, 0.2) is 5.65 Å². The number of rotatable bonds is 5. The van der Waals surface area contributed by atoms with Gasteiger partial charge in [0.25, 0.3) is 0 Å². The Balaban J connectivity index is 1.73. The molecule has 0 atom stereocenters. The predicted octanol–water partition coefficient (Wildman–Crippen LogP) is 3.90. The van der Waals surface area contributed by atoms with Crippen LogP contribution in [0.4, 0.5) is 21.6 Å². The van der Waals surface area contributed by atoms with Crippen LogP contribution in [0.25, 0.3) is 5.65 Å². The van der Waals surface area contributed by atoms with Crippen LogP contribution in [-0.4, -0.2) is 33.7 Å². The van der Waals surface area contributed by atoms with Crippen molar-refractivity contribution in [3.05, 3.63) is 48.0 Å². The van der Waals surface area contributed by atoms with Gasteiger partial charge in [0.1, 0.15) is 11.6 Å². The summed E-state index contributed by atoms with van der Waals surface area (Å²) >= 11 is 0. The summed E-state index contributed by atoms with van der Waals surface area (Å²) in [6, 6.07) is 8.79. The molecule has 3 heterocycles. The number of hydrogen-bond acceptors (Lipinski definition) is 5. The van der Waals surface area contributed by atoms with Gasteiger partial charge in [-0.05, 0) is 50.0 Å². The van der Waals surface area contributed by atoms with Crippen LogP contribution < -0.4 is 16.0 Å². The molecule has 0 unspecified atom stereocenters. The number of nitrogens with one attached hydrogen (secondary N) is 3. The van der Waals surface area contributed by atoms with E-state index in [4.69, 9.17) is 5.10 Å². The SMILES string of the molecule is CC(C)c1cnc2c(Nc3cccc(F)c3)cc(NC3CCNCC3)nn12. The fourth-order valence-corrected chi connectivity index (χ4v) is 3.44. The lowest BCUT2D eigenvalue weighted by Crippen LogP contribution is -2.35. The van der Waals surface area contributed by atoms with E-state index in [1.807, 2.05) is 22.8 Å². The van der Waals surface area contributed by atoms with Crippen molar-refractivity contribution in [2.75, 3.05) is 23.7 Å². The molecule has 1 aliphatic heterocycles. The van der Waals surface area contributed by atoms with E-state index in [0.717, 1.165) is 48.8 Å². The van der Waals surface area contributed by atoms with Gasteiger partial charge in [0, 0.05) is 17.8 Å². The van der Waals surface area contributed by atoms with Gasteiger partial charge in [-0.15, -0.1) is 5.10 Å². The molecule has 3 N–H and O–H groups in total. The zero-order valence-electron chi connectivity index (χ0n) is 15.7. The lowest BCUT2D eigenvalue weighted by Gasteiger charge is -2.24. The first-order valence-corrected chi connectivity index (χ1v) is 9.48. The summed E-state index contributed by atoms with van der Waals surface area (Å²) < 4.78 is 15.5. The molecule has 0 saturated carbocycles. The van der Waals surface area contributed by atoms with Crippen LogP contribution in [0, 0.1) is 5.82 Å². The molecule has 1 saturated heterocycles. The van der Waals surface area contributed by atoms with Crippen molar-refractivity contribution in [2.24, 2.45) is 0 Å². The number of halogens is 1. The standard InChI is InChI=1S/C20H25FN6/c1-13(2)18-12-23-20-17(24-16-5-3-4-14(21)10-16)11-19(26-27(18)20)25-15-6-8-22-9-7-15/h3-5,10-13,15,22,24H,6-9H2,1-2H3,(H,25,26). The quantitative estimate of drug-likeness (QED) is 0.637. The van der Waals surface area contributed by atoms with E-state index < -0.39 is 0 Å². The molecule has 2 aromatic heterocycles. The number of imidazole rings is 1. The maximum Gasteiger partial charge on any atom is 0.177 e. The van der Waals surface area contributed by atoms with Crippen LogP contribution in [-0.2, 0) is 0 Å². The highest BCUT2D eigenvalue weighted by Crippen LogP contribution is 2.27. The van der Waals surface area contributed by atoms with Crippen molar-refractivity contribution >= 4 is 22.8 Å². The summed E-state index contributed by atoms with van der Waals surface area (Å²) in [5, 5.41) is 15.0. The van der Waals surface area contributed by atoms with Crippen molar-refractivity contribution in [3.63, 3.8) is 0 Å². The summed E-state index contributed by atoms with van der Waals surface area (Å²) in [7, 11) is 0. The topological polar surface area (TPSA) is 66.3 Å². The predicted molar refractivity (Wildman–Crippen MR) is 106 cm³/mol. The van der Waals surface area contributed by atoms with Crippen LogP contribution in [0.15, 0.2) is 36.5 Å². The number of benzene rings is 1. The normalized spacial score (nSPS) is 15.4. The second kappa shape index (κ2) is 7.52. The van der Waals surface area contributed by atoms with Gasteiger partial charge in [-0.1, -0.05) is 19.9 Å². The van der Waals surface area contributed by atoms with E-state index >= 15 is 0 Å².